The van der Waals surface area contributed by atoms with Gasteiger partial charge >= 0.3 is 25.7 Å². The van der Waals surface area contributed by atoms with Crippen LogP contribution in [0.5, 0.6) is 0 Å². The van der Waals surface area contributed by atoms with Crippen LogP contribution in [0.2, 0.25) is 0 Å². The third kappa shape index (κ3) is 11.4. The highest BCUT2D eigenvalue weighted by Gasteiger charge is 2.56. The quantitative estimate of drug-likeness (QED) is 0.0763. The van der Waals surface area contributed by atoms with Crippen molar-refractivity contribution in [3.63, 3.8) is 0 Å². The number of hydrogen-bond acceptors (Lipinski definition) is 9. The first-order valence-electron chi connectivity index (χ1n) is 17.5. The molecule has 1 fully saturated rings. The van der Waals surface area contributed by atoms with Crippen molar-refractivity contribution in [3.05, 3.63) is 71.8 Å². The van der Waals surface area contributed by atoms with Gasteiger partial charge in [-0.15, -0.1) is 0 Å². The van der Waals surface area contributed by atoms with Crippen molar-refractivity contribution in [1.29, 1.82) is 0 Å². The number of nitrogens with zero attached hydrogens (tertiary/aromatic N) is 1. The molecule has 14 nitrogen and oxygen atoms in total. The van der Waals surface area contributed by atoms with Crippen LogP contribution < -0.4 is 16.0 Å². The molecule has 1 aliphatic heterocycles. The molecule has 1 aliphatic rings. The lowest BCUT2D eigenvalue weighted by molar-refractivity contribution is -0.793. The Balaban J connectivity index is 1.71. The molecule has 4 N–H and O–H groups in total. The summed E-state index contributed by atoms with van der Waals surface area (Å²) in [5.74, 6) is -3.08. The van der Waals surface area contributed by atoms with Gasteiger partial charge in [0.2, 0.25) is 5.91 Å². The molecule has 51 heavy (non-hydrogen) atoms. The summed E-state index contributed by atoms with van der Waals surface area (Å²) in [5.41, 5.74) is 1.19. The van der Waals surface area contributed by atoms with Gasteiger partial charge in [0.15, 0.2) is 6.10 Å². The average Bonchev–Trinajstić information content (AvgIpc) is 3.53. The van der Waals surface area contributed by atoms with Crippen molar-refractivity contribution in [2.45, 2.75) is 103 Å². The van der Waals surface area contributed by atoms with E-state index in [1.807, 2.05) is 37.3 Å². The van der Waals surface area contributed by atoms with E-state index >= 15 is 0 Å². The topological polar surface area (TPSA) is 186 Å². The molecular formula is C36H52N4O10P+. The number of carbonyl (C=O) groups excluding carboxylic acids is 4. The molecule has 6 atom stereocenters. The number of unbranched alkanes of at least 4 members (excludes halogenated alkanes) is 2. The number of ether oxygens (including phenoxy) is 1. The average molecular weight is 732 g/mol. The molecule has 0 spiro atoms. The largest absolute Gasteiger partial charge is 0.521 e. The number of likely N-dealkylation sites (tertiary alicyclic amines) is 1. The fourth-order valence-electron chi connectivity index (χ4n) is 6.13. The van der Waals surface area contributed by atoms with E-state index in [1.165, 1.54) is 6.92 Å². The Morgan fingerprint density at radius 2 is 1.63 bits per heavy atom. The number of imide groups is 1. The fourth-order valence-corrected chi connectivity index (χ4v) is 7.93. The smallest absolute Gasteiger partial charge is 0.445 e. The maximum atomic E-state index is 14.3. The maximum Gasteiger partial charge on any atom is 0.521 e. The number of rotatable bonds is 19. The van der Waals surface area contributed by atoms with Crippen LogP contribution in [0.15, 0.2) is 60.7 Å². The van der Waals surface area contributed by atoms with Crippen molar-refractivity contribution in [3.8, 4) is 0 Å². The summed E-state index contributed by atoms with van der Waals surface area (Å²) in [5, 5.41) is 18.2. The first-order valence-corrected chi connectivity index (χ1v) is 19.1. The number of amides is 5. The third-order valence-electron chi connectivity index (χ3n) is 9.11. The van der Waals surface area contributed by atoms with E-state index in [0.717, 1.165) is 12.7 Å². The molecule has 1 heterocycles. The lowest BCUT2D eigenvalue weighted by atomic mass is 10.1. The first kappa shape index (κ1) is 41.3. The second-order valence-corrected chi connectivity index (χ2v) is 15.0. The summed E-state index contributed by atoms with van der Waals surface area (Å²) in [7, 11) is -3.11. The van der Waals surface area contributed by atoms with Crippen molar-refractivity contribution in [2.24, 2.45) is 0 Å². The molecule has 15 heteroatoms. The van der Waals surface area contributed by atoms with Crippen LogP contribution in [-0.4, -0.2) is 83.7 Å². The van der Waals surface area contributed by atoms with E-state index in [0.29, 0.717) is 44.1 Å². The van der Waals surface area contributed by atoms with Crippen LogP contribution in [0.3, 0.4) is 0 Å². The summed E-state index contributed by atoms with van der Waals surface area (Å²) in [6, 6.07) is 16.1. The lowest BCUT2D eigenvalue weighted by Crippen LogP contribution is -2.61. The molecule has 3 unspecified atom stereocenters. The zero-order chi connectivity index (χ0) is 37.4. The molecule has 280 valence electrons. The number of carbonyl (C=O) groups is 5. The molecule has 0 radical (unpaired) electrons. The minimum absolute atomic E-state index is 0.0868. The summed E-state index contributed by atoms with van der Waals surface area (Å²) in [6.07, 6.45) is 0.179. The van der Waals surface area contributed by atoms with Crippen LogP contribution in [0, 0.1) is 0 Å². The number of nitrogens with one attached hydrogen (secondary N) is 3. The van der Waals surface area contributed by atoms with Gasteiger partial charge in [0.25, 0.3) is 5.91 Å². The Bertz CT molecular complexity index is 1510. The zero-order valence-corrected chi connectivity index (χ0v) is 30.8. The monoisotopic (exact) mass is 731 g/mol. The van der Waals surface area contributed by atoms with Crippen molar-refractivity contribution in [1.82, 2.24) is 16.0 Å². The lowest BCUT2D eigenvalue weighted by Gasteiger charge is -2.34. The molecule has 2 aromatic rings. The van der Waals surface area contributed by atoms with Crippen LogP contribution in [0.25, 0.3) is 0 Å². The van der Waals surface area contributed by atoms with Crippen LogP contribution >= 0.6 is 7.60 Å². The number of alkyl carbamates (subject to hydrolysis) is 1. The van der Waals surface area contributed by atoms with E-state index in [2.05, 4.69) is 16.0 Å². The van der Waals surface area contributed by atoms with Gasteiger partial charge in [0.1, 0.15) is 24.5 Å². The van der Waals surface area contributed by atoms with Crippen molar-refractivity contribution >= 4 is 37.5 Å². The van der Waals surface area contributed by atoms with Gasteiger partial charge in [-0.05, 0) is 57.2 Å². The zero-order valence-electron chi connectivity index (χ0n) is 29.9. The summed E-state index contributed by atoms with van der Waals surface area (Å²) in [4.78, 5) is 65.0. The summed E-state index contributed by atoms with van der Waals surface area (Å²) in [6.45, 7) is 5.41. The molecule has 0 aliphatic carbocycles. The number of carboxylic acid groups (broad SMARTS) is 1. The Morgan fingerprint density at radius 1 is 0.961 bits per heavy atom. The maximum absolute atomic E-state index is 14.3. The minimum atomic E-state index is -4.26. The van der Waals surface area contributed by atoms with E-state index in [9.17, 15) is 33.6 Å². The second kappa shape index (κ2) is 20.1. The predicted molar refractivity (Wildman–Crippen MR) is 190 cm³/mol. The standard InChI is InChI=1S/C36H51N4O10P/c1-5-6-22-31(51(47,48-4)50-27(3)34(43)40(36(45)46)24-15-16-26(40)2)39-33(42)30(38-32(41)29-19-11-8-12-20-29)21-13-14-23-37-35(44)49-25-28-17-9-7-10-18-28/h7-12,17-20,26-27,30-31H,5-6,13-16,21-25H2,1-4H3,(H3-,37,38,39,41,42,44,45,46)/p+1/t26-,27?,30+,31+,40?,51?/m1/s1. The molecule has 0 bridgehead atoms. The Labute approximate surface area is 299 Å². The summed E-state index contributed by atoms with van der Waals surface area (Å²) >= 11 is 0. The van der Waals surface area contributed by atoms with Crippen LogP contribution in [0.1, 0.15) is 88.1 Å². The predicted octanol–water partition coefficient (Wildman–Crippen LogP) is 5.96. The van der Waals surface area contributed by atoms with E-state index in [1.54, 1.807) is 37.3 Å². The van der Waals surface area contributed by atoms with Gasteiger partial charge in [-0.3, -0.25) is 18.7 Å². The molecule has 0 aromatic heterocycles. The molecular weight excluding hydrogens is 679 g/mol. The number of benzene rings is 2. The van der Waals surface area contributed by atoms with Gasteiger partial charge in [-0.1, -0.05) is 68.3 Å². The molecule has 3 rings (SSSR count). The molecule has 5 amide bonds. The van der Waals surface area contributed by atoms with Crippen molar-refractivity contribution in [2.75, 3.05) is 20.2 Å². The molecule has 2 aromatic carbocycles. The van der Waals surface area contributed by atoms with Gasteiger partial charge in [0, 0.05) is 32.1 Å². The van der Waals surface area contributed by atoms with E-state index < -0.39 is 66.0 Å². The number of hydrogen-bond donors (Lipinski definition) is 4. The highest BCUT2D eigenvalue weighted by molar-refractivity contribution is 7.54. The number of quaternary nitrogens is 1. The van der Waals surface area contributed by atoms with Crippen molar-refractivity contribution < 1.29 is 51.9 Å². The first-order chi connectivity index (χ1) is 24.4. The minimum Gasteiger partial charge on any atom is -0.445 e. The Morgan fingerprint density at radius 3 is 2.22 bits per heavy atom. The van der Waals surface area contributed by atoms with Gasteiger partial charge in [-0.2, -0.15) is 9.28 Å². The molecule has 0 saturated carbocycles. The SMILES string of the molecule is CCCC[C@@H](NC(=O)[C@H](CCCCNC(=O)OCc1ccccc1)NC(=O)c1ccccc1)P(=O)(OC)OC(C)C(=O)[N+]1(C(=O)O)CCC[C@H]1C. The van der Waals surface area contributed by atoms with Gasteiger partial charge < -0.3 is 30.3 Å². The fraction of sp³-hybridized carbons (Fsp3) is 0.528. The second-order valence-electron chi connectivity index (χ2n) is 12.7. The van der Waals surface area contributed by atoms with Gasteiger partial charge in [0.05, 0.1) is 6.54 Å². The molecule has 1 saturated heterocycles. The van der Waals surface area contributed by atoms with E-state index in [4.69, 9.17) is 13.8 Å². The Hall–Kier alpha value is -4.10. The summed E-state index contributed by atoms with van der Waals surface area (Å²) < 4.78 is 29.9. The van der Waals surface area contributed by atoms with Crippen LogP contribution in [-0.2, 0) is 34.5 Å². The normalized spacial score (nSPS) is 19.9. The third-order valence-corrected chi connectivity index (χ3v) is 11.4. The highest BCUT2D eigenvalue weighted by Crippen LogP contribution is 2.54. The van der Waals surface area contributed by atoms with Crippen LogP contribution in [0.4, 0.5) is 9.59 Å². The Kier molecular flexibility index (Phi) is 16.3. The van der Waals surface area contributed by atoms with E-state index in [-0.39, 0.29) is 32.5 Å². The highest BCUT2D eigenvalue weighted by atomic mass is 31.2. The van der Waals surface area contributed by atoms with Gasteiger partial charge in [-0.25, -0.2) is 9.59 Å².